The highest BCUT2D eigenvalue weighted by atomic mass is 19.3. The molecule has 36 heavy (non-hydrogen) atoms. The third-order valence-corrected chi connectivity index (χ3v) is 6.82. The number of hydrogen-bond donors (Lipinski definition) is 1. The van der Waals surface area contributed by atoms with Crippen LogP contribution >= 0.6 is 0 Å². The van der Waals surface area contributed by atoms with Gasteiger partial charge in [0.1, 0.15) is 23.4 Å². The van der Waals surface area contributed by atoms with E-state index in [-0.39, 0.29) is 24.0 Å². The summed E-state index contributed by atoms with van der Waals surface area (Å²) in [7, 11) is 0. The Balaban J connectivity index is 1.33. The summed E-state index contributed by atoms with van der Waals surface area (Å²) < 4.78 is 50.6. The number of nitrogens with one attached hydrogen (secondary N) is 1. The van der Waals surface area contributed by atoms with Gasteiger partial charge in [-0.25, -0.2) is 14.2 Å². The average molecular weight is 496 g/mol. The molecule has 10 heteroatoms. The molecule has 1 unspecified atom stereocenters. The van der Waals surface area contributed by atoms with Crippen LogP contribution in [-0.2, 0) is 13.0 Å². The number of halogens is 3. The molecule has 0 saturated heterocycles. The Hall–Kier alpha value is -3.82. The standard InChI is InChI=1S/C26H23F3N4O3/c1-13-9-15-6-7-20(24-17(27)3-2-8-30-24)35-21(15)11-19(13)33-12-16-18(31-26(33)34)10-22(36-25(28)29)32-23(16)14-4-5-14/h2-3,8-11,14,20,25H,4-7,12H2,1H3,(H,31,34). The summed E-state index contributed by atoms with van der Waals surface area (Å²) in [6, 6.07) is 7.64. The molecule has 0 bridgehead atoms. The van der Waals surface area contributed by atoms with Gasteiger partial charge in [0.2, 0.25) is 5.88 Å². The van der Waals surface area contributed by atoms with Crippen LogP contribution in [0.3, 0.4) is 0 Å². The van der Waals surface area contributed by atoms with Crippen molar-refractivity contribution in [2.24, 2.45) is 0 Å². The van der Waals surface area contributed by atoms with Crippen LogP contribution in [0.2, 0.25) is 0 Å². The first-order valence-electron chi connectivity index (χ1n) is 11.8. The fraction of sp³-hybridized carbons (Fsp3) is 0.346. The van der Waals surface area contributed by atoms with Gasteiger partial charge in [0.25, 0.3) is 0 Å². The van der Waals surface area contributed by atoms with Crippen LogP contribution in [0.1, 0.15) is 59.4 Å². The van der Waals surface area contributed by atoms with Crippen molar-refractivity contribution in [3.05, 3.63) is 70.4 Å². The molecule has 0 radical (unpaired) electrons. The van der Waals surface area contributed by atoms with Gasteiger partial charge in [0.05, 0.1) is 23.6 Å². The molecule has 1 aliphatic carbocycles. The number of fused-ring (bicyclic) bond motifs is 2. The first-order chi connectivity index (χ1) is 17.4. The maximum atomic E-state index is 14.3. The number of benzene rings is 1. The SMILES string of the molecule is Cc1cc2c(cc1N1Cc3c(cc(OC(F)F)nc3C3CC3)NC1=O)OC(c1ncccc1F)CC2. The first-order valence-corrected chi connectivity index (χ1v) is 11.8. The number of aromatic nitrogens is 2. The molecule has 0 spiro atoms. The molecular weight excluding hydrogens is 473 g/mol. The minimum atomic E-state index is -3.00. The van der Waals surface area contributed by atoms with Crippen LogP contribution in [0.25, 0.3) is 0 Å². The Morgan fingerprint density at radius 3 is 2.78 bits per heavy atom. The van der Waals surface area contributed by atoms with E-state index in [1.807, 2.05) is 13.0 Å². The van der Waals surface area contributed by atoms with Gasteiger partial charge >= 0.3 is 12.6 Å². The third-order valence-electron chi connectivity index (χ3n) is 6.82. The first kappa shape index (κ1) is 22.6. The predicted octanol–water partition coefficient (Wildman–Crippen LogP) is 6.02. The third kappa shape index (κ3) is 4.10. The van der Waals surface area contributed by atoms with Crippen LogP contribution in [0, 0.1) is 12.7 Å². The number of carbonyl (C=O) groups is 1. The van der Waals surface area contributed by atoms with E-state index in [0.29, 0.717) is 35.7 Å². The van der Waals surface area contributed by atoms with Gasteiger partial charge < -0.3 is 14.8 Å². The molecule has 1 atom stereocenters. The van der Waals surface area contributed by atoms with Crippen molar-refractivity contribution in [3.8, 4) is 11.6 Å². The topological polar surface area (TPSA) is 76.6 Å². The quantitative estimate of drug-likeness (QED) is 0.467. The van der Waals surface area contributed by atoms with E-state index in [2.05, 4.69) is 20.0 Å². The Morgan fingerprint density at radius 2 is 2.03 bits per heavy atom. The summed E-state index contributed by atoms with van der Waals surface area (Å²) in [5.74, 6) is 0.113. The van der Waals surface area contributed by atoms with E-state index in [9.17, 15) is 18.0 Å². The number of ether oxygens (including phenoxy) is 2. The van der Waals surface area contributed by atoms with Crippen molar-refractivity contribution in [1.29, 1.82) is 0 Å². The number of pyridine rings is 2. The maximum Gasteiger partial charge on any atom is 0.388 e. The second-order valence-electron chi connectivity index (χ2n) is 9.30. The Labute approximate surface area is 205 Å². The molecule has 7 nitrogen and oxygen atoms in total. The molecule has 2 amide bonds. The lowest BCUT2D eigenvalue weighted by Gasteiger charge is -2.33. The Kier molecular flexibility index (Phi) is 5.46. The number of alkyl halides is 2. The molecule has 2 aromatic heterocycles. The van der Waals surface area contributed by atoms with Gasteiger partial charge in [-0.05, 0) is 55.9 Å². The van der Waals surface area contributed by atoms with Gasteiger partial charge in [0.15, 0.2) is 0 Å². The summed E-state index contributed by atoms with van der Waals surface area (Å²) in [6.07, 6.45) is 4.11. The van der Waals surface area contributed by atoms with Crippen LogP contribution in [0.15, 0.2) is 36.5 Å². The van der Waals surface area contributed by atoms with Crippen LogP contribution in [0.5, 0.6) is 11.6 Å². The summed E-state index contributed by atoms with van der Waals surface area (Å²) in [5, 5.41) is 2.82. The molecule has 6 rings (SSSR count). The lowest BCUT2D eigenvalue weighted by molar-refractivity contribution is -0.0529. The monoisotopic (exact) mass is 496 g/mol. The van der Waals surface area contributed by atoms with E-state index >= 15 is 0 Å². The molecule has 2 aliphatic heterocycles. The highest BCUT2D eigenvalue weighted by molar-refractivity contribution is 6.05. The number of nitrogens with zero attached hydrogens (tertiary/aromatic N) is 3. The second kappa shape index (κ2) is 8.69. The highest BCUT2D eigenvalue weighted by Crippen LogP contribution is 2.46. The minimum absolute atomic E-state index is 0.152. The zero-order valence-electron chi connectivity index (χ0n) is 19.4. The lowest BCUT2D eigenvalue weighted by Crippen LogP contribution is -2.40. The van der Waals surface area contributed by atoms with Gasteiger partial charge in [-0.1, -0.05) is 6.07 Å². The van der Waals surface area contributed by atoms with Crippen LogP contribution in [0.4, 0.5) is 29.3 Å². The summed E-state index contributed by atoms with van der Waals surface area (Å²) in [5.41, 5.74) is 4.66. The molecule has 4 heterocycles. The number of hydrogen-bond acceptors (Lipinski definition) is 5. The molecule has 186 valence electrons. The molecule has 3 aliphatic rings. The van der Waals surface area contributed by atoms with Gasteiger partial charge in [0, 0.05) is 29.8 Å². The fourth-order valence-corrected chi connectivity index (χ4v) is 4.96. The Morgan fingerprint density at radius 1 is 1.19 bits per heavy atom. The summed E-state index contributed by atoms with van der Waals surface area (Å²) in [4.78, 5) is 23.2. The van der Waals surface area contributed by atoms with Gasteiger partial charge in [-0.15, -0.1) is 0 Å². The number of rotatable bonds is 5. The van der Waals surface area contributed by atoms with Crippen molar-refractivity contribution in [3.63, 3.8) is 0 Å². The van der Waals surface area contributed by atoms with Crippen molar-refractivity contribution in [2.45, 2.75) is 57.8 Å². The summed E-state index contributed by atoms with van der Waals surface area (Å²) >= 11 is 0. The zero-order chi connectivity index (χ0) is 25.0. The molecule has 1 N–H and O–H groups in total. The number of anilines is 2. The van der Waals surface area contributed by atoms with E-state index in [1.54, 1.807) is 11.0 Å². The van der Waals surface area contributed by atoms with Crippen molar-refractivity contribution in [2.75, 3.05) is 10.2 Å². The summed E-state index contributed by atoms with van der Waals surface area (Å²) in [6.45, 7) is -0.852. The molecule has 3 aromatic rings. The van der Waals surface area contributed by atoms with Crippen molar-refractivity contribution >= 4 is 17.4 Å². The number of urea groups is 1. The fourth-order valence-electron chi connectivity index (χ4n) is 4.96. The van der Waals surface area contributed by atoms with Gasteiger partial charge in [-0.3, -0.25) is 9.88 Å². The van der Waals surface area contributed by atoms with Crippen LogP contribution < -0.4 is 19.7 Å². The molecular formula is C26H23F3N4O3. The molecule has 1 fully saturated rings. The highest BCUT2D eigenvalue weighted by Gasteiger charge is 2.35. The number of aryl methyl sites for hydroxylation is 2. The minimum Gasteiger partial charge on any atom is -0.484 e. The van der Waals surface area contributed by atoms with E-state index in [4.69, 9.17) is 4.74 Å². The molecule has 1 aromatic carbocycles. The Bertz CT molecular complexity index is 1360. The zero-order valence-corrected chi connectivity index (χ0v) is 19.4. The van der Waals surface area contributed by atoms with Crippen molar-refractivity contribution in [1.82, 2.24) is 9.97 Å². The maximum absolute atomic E-state index is 14.3. The number of amides is 2. The lowest BCUT2D eigenvalue weighted by atomic mass is 9.96. The van der Waals surface area contributed by atoms with E-state index in [0.717, 1.165) is 29.5 Å². The number of carbonyl (C=O) groups excluding carboxylic acids is 1. The average Bonchev–Trinajstić information content (AvgIpc) is 3.68. The molecule has 1 saturated carbocycles. The van der Waals surface area contributed by atoms with E-state index in [1.165, 1.54) is 24.4 Å². The van der Waals surface area contributed by atoms with Gasteiger partial charge in [-0.2, -0.15) is 8.78 Å². The van der Waals surface area contributed by atoms with E-state index < -0.39 is 24.6 Å². The predicted molar refractivity (Wildman–Crippen MR) is 125 cm³/mol. The van der Waals surface area contributed by atoms with Crippen molar-refractivity contribution < 1.29 is 27.4 Å². The smallest absolute Gasteiger partial charge is 0.388 e. The largest absolute Gasteiger partial charge is 0.484 e. The van der Waals surface area contributed by atoms with Crippen LogP contribution in [-0.4, -0.2) is 22.6 Å². The normalized spacial score (nSPS) is 18.9. The second-order valence-corrected chi connectivity index (χ2v) is 9.30.